The van der Waals surface area contributed by atoms with Crippen LogP contribution in [0.5, 0.6) is 0 Å². The number of rotatable bonds is 3. The zero-order valence-corrected chi connectivity index (χ0v) is 10.3. The SMILES string of the molecule is CC(C(=O)O)N1CCN(c2ccccc2F)CC1. The molecule has 1 aromatic carbocycles. The van der Waals surface area contributed by atoms with Crippen LogP contribution in [0.4, 0.5) is 10.1 Å². The molecule has 0 spiro atoms. The summed E-state index contributed by atoms with van der Waals surface area (Å²) in [7, 11) is 0. The average molecular weight is 252 g/mol. The van der Waals surface area contributed by atoms with E-state index < -0.39 is 12.0 Å². The molecule has 0 aromatic heterocycles. The van der Waals surface area contributed by atoms with Gasteiger partial charge in [0.2, 0.25) is 0 Å². The Balaban J connectivity index is 1.99. The zero-order chi connectivity index (χ0) is 13.1. The number of halogens is 1. The van der Waals surface area contributed by atoms with Gasteiger partial charge in [-0.25, -0.2) is 4.39 Å². The van der Waals surface area contributed by atoms with E-state index in [9.17, 15) is 9.18 Å². The normalized spacial score (nSPS) is 18.7. The number of para-hydroxylation sites is 1. The highest BCUT2D eigenvalue weighted by Crippen LogP contribution is 2.20. The van der Waals surface area contributed by atoms with Crippen molar-refractivity contribution in [1.82, 2.24) is 4.90 Å². The topological polar surface area (TPSA) is 43.8 Å². The Morgan fingerprint density at radius 2 is 1.89 bits per heavy atom. The standard InChI is InChI=1S/C13H17FN2O2/c1-10(13(17)18)15-6-8-16(9-7-15)12-5-3-2-4-11(12)14/h2-5,10H,6-9H2,1H3,(H,17,18). The van der Waals surface area contributed by atoms with Gasteiger partial charge in [-0.05, 0) is 19.1 Å². The third-order valence-corrected chi connectivity index (χ3v) is 3.41. The largest absolute Gasteiger partial charge is 0.480 e. The maximum atomic E-state index is 13.6. The van der Waals surface area contributed by atoms with Crippen LogP contribution in [-0.2, 0) is 4.79 Å². The van der Waals surface area contributed by atoms with E-state index >= 15 is 0 Å². The number of nitrogens with zero attached hydrogens (tertiary/aromatic N) is 2. The van der Waals surface area contributed by atoms with Gasteiger partial charge in [0.15, 0.2) is 0 Å². The summed E-state index contributed by atoms with van der Waals surface area (Å²) in [4.78, 5) is 14.8. The molecule has 0 saturated carbocycles. The fraction of sp³-hybridized carbons (Fsp3) is 0.462. The van der Waals surface area contributed by atoms with Gasteiger partial charge < -0.3 is 10.0 Å². The molecule has 2 rings (SSSR count). The maximum absolute atomic E-state index is 13.6. The van der Waals surface area contributed by atoms with Gasteiger partial charge in [-0.2, -0.15) is 0 Å². The number of benzene rings is 1. The van der Waals surface area contributed by atoms with Gasteiger partial charge in [0.25, 0.3) is 0 Å². The van der Waals surface area contributed by atoms with Crippen molar-refractivity contribution < 1.29 is 14.3 Å². The van der Waals surface area contributed by atoms with Crippen LogP contribution in [0.15, 0.2) is 24.3 Å². The molecule has 18 heavy (non-hydrogen) atoms. The highest BCUT2D eigenvalue weighted by Gasteiger charge is 2.25. The van der Waals surface area contributed by atoms with Crippen molar-refractivity contribution in [2.75, 3.05) is 31.1 Å². The highest BCUT2D eigenvalue weighted by molar-refractivity contribution is 5.72. The van der Waals surface area contributed by atoms with Crippen molar-refractivity contribution >= 4 is 11.7 Å². The quantitative estimate of drug-likeness (QED) is 0.883. The molecule has 1 aliphatic rings. The van der Waals surface area contributed by atoms with Gasteiger partial charge in [0.05, 0.1) is 5.69 Å². The minimum Gasteiger partial charge on any atom is -0.480 e. The van der Waals surface area contributed by atoms with Gasteiger partial charge in [-0.15, -0.1) is 0 Å². The van der Waals surface area contributed by atoms with E-state index in [2.05, 4.69) is 0 Å². The van der Waals surface area contributed by atoms with E-state index in [4.69, 9.17) is 5.11 Å². The second-order valence-electron chi connectivity index (χ2n) is 4.49. The summed E-state index contributed by atoms with van der Waals surface area (Å²) >= 11 is 0. The Labute approximate surface area is 106 Å². The van der Waals surface area contributed by atoms with Crippen molar-refractivity contribution in [3.8, 4) is 0 Å². The minimum absolute atomic E-state index is 0.225. The predicted molar refractivity (Wildman–Crippen MR) is 67.3 cm³/mol. The molecule has 1 aliphatic heterocycles. The number of carboxylic acid groups (broad SMARTS) is 1. The molecule has 98 valence electrons. The van der Waals surface area contributed by atoms with E-state index in [0.717, 1.165) is 0 Å². The van der Waals surface area contributed by atoms with Gasteiger partial charge in [0, 0.05) is 26.2 Å². The molecule has 1 fully saturated rings. The van der Waals surface area contributed by atoms with Crippen LogP contribution in [0.25, 0.3) is 0 Å². The maximum Gasteiger partial charge on any atom is 0.320 e. The fourth-order valence-electron chi connectivity index (χ4n) is 2.21. The number of piperazine rings is 1. The van der Waals surface area contributed by atoms with Crippen LogP contribution in [0, 0.1) is 5.82 Å². The molecular weight excluding hydrogens is 235 g/mol. The lowest BCUT2D eigenvalue weighted by molar-refractivity contribution is -0.142. The monoisotopic (exact) mass is 252 g/mol. The first-order chi connectivity index (χ1) is 8.59. The van der Waals surface area contributed by atoms with E-state index in [1.54, 1.807) is 19.1 Å². The first-order valence-electron chi connectivity index (χ1n) is 6.06. The Kier molecular flexibility index (Phi) is 3.81. The minimum atomic E-state index is -0.811. The Bertz CT molecular complexity index is 431. The predicted octanol–water partition coefficient (Wildman–Crippen LogP) is 1.42. The first kappa shape index (κ1) is 12.8. The second kappa shape index (κ2) is 5.35. The third-order valence-electron chi connectivity index (χ3n) is 3.41. The van der Waals surface area contributed by atoms with Crippen molar-refractivity contribution in [2.45, 2.75) is 13.0 Å². The third kappa shape index (κ3) is 2.61. The summed E-state index contributed by atoms with van der Waals surface area (Å²) < 4.78 is 13.6. The number of carbonyl (C=O) groups is 1. The number of hydrogen-bond donors (Lipinski definition) is 1. The lowest BCUT2D eigenvalue weighted by atomic mass is 10.2. The summed E-state index contributed by atoms with van der Waals surface area (Å²) in [6.07, 6.45) is 0. The molecule has 5 heteroatoms. The number of aliphatic carboxylic acids is 1. The summed E-state index contributed by atoms with van der Waals surface area (Å²) in [5.74, 6) is -1.04. The van der Waals surface area contributed by atoms with Gasteiger partial charge in [-0.3, -0.25) is 9.69 Å². The van der Waals surface area contributed by atoms with E-state index in [-0.39, 0.29) is 5.82 Å². The van der Waals surface area contributed by atoms with Gasteiger partial charge >= 0.3 is 5.97 Å². The molecule has 0 bridgehead atoms. The van der Waals surface area contributed by atoms with Crippen LogP contribution < -0.4 is 4.90 Å². The van der Waals surface area contributed by atoms with Crippen LogP contribution >= 0.6 is 0 Å². The van der Waals surface area contributed by atoms with E-state index in [0.29, 0.717) is 31.9 Å². The molecule has 1 unspecified atom stereocenters. The molecule has 0 radical (unpaired) electrons. The highest BCUT2D eigenvalue weighted by atomic mass is 19.1. The Morgan fingerprint density at radius 1 is 1.28 bits per heavy atom. The van der Waals surface area contributed by atoms with Crippen molar-refractivity contribution in [2.24, 2.45) is 0 Å². The van der Waals surface area contributed by atoms with Crippen molar-refractivity contribution in [1.29, 1.82) is 0 Å². The molecule has 1 heterocycles. The van der Waals surface area contributed by atoms with E-state index in [1.165, 1.54) is 6.07 Å². The van der Waals surface area contributed by atoms with Gasteiger partial charge in [-0.1, -0.05) is 12.1 Å². The smallest absolute Gasteiger partial charge is 0.320 e. The van der Waals surface area contributed by atoms with Gasteiger partial charge in [0.1, 0.15) is 11.9 Å². The zero-order valence-electron chi connectivity index (χ0n) is 10.3. The molecule has 1 atom stereocenters. The lowest BCUT2D eigenvalue weighted by Gasteiger charge is -2.37. The molecule has 0 amide bonds. The number of hydrogen-bond acceptors (Lipinski definition) is 3. The molecule has 4 nitrogen and oxygen atoms in total. The molecule has 1 aromatic rings. The Hall–Kier alpha value is -1.62. The summed E-state index contributed by atoms with van der Waals surface area (Å²) in [5, 5.41) is 8.95. The summed E-state index contributed by atoms with van der Waals surface area (Å²) in [6.45, 7) is 4.27. The summed E-state index contributed by atoms with van der Waals surface area (Å²) in [5.41, 5.74) is 0.597. The van der Waals surface area contributed by atoms with Crippen LogP contribution in [0.2, 0.25) is 0 Å². The fourth-order valence-corrected chi connectivity index (χ4v) is 2.21. The number of carboxylic acids is 1. The van der Waals surface area contributed by atoms with Crippen LogP contribution in [0.3, 0.4) is 0 Å². The summed E-state index contributed by atoms with van der Waals surface area (Å²) in [6, 6.07) is 6.20. The van der Waals surface area contributed by atoms with Crippen molar-refractivity contribution in [3.63, 3.8) is 0 Å². The molecule has 0 aliphatic carbocycles. The van der Waals surface area contributed by atoms with Crippen LogP contribution in [0.1, 0.15) is 6.92 Å². The van der Waals surface area contributed by atoms with Crippen LogP contribution in [-0.4, -0.2) is 48.2 Å². The lowest BCUT2D eigenvalue weighted by Crippen LogP contribution is -2.51. The molecule has 1 saturated heterocycles. The molecule has 1 N–H and O–H groups in total. The Morgan fingerprint density at radius 3 is 2.44 bits per heavy atom. The average Bonchev–Trinajstić information content (AvgIpc) is 2.38. The second-order valence-corrected chi connectivity index (χ2v) is 4.49. The van der Waals surface area contributed by atoms with Crippen molar-refractivity contribution in [3.05, 3.63) is 30.1 Å². The number of anilines is 1. The van der Waals surface area contributed by atoms with E-state index in [1.807, 2.05) is 15.9 Å². The first-order valence-corrected chi connectivity index (χ1v) is 6.06. The molecular formula is C13H17FN2O2.